The van der Waals surface area contributed by atoms with Gasteiger partial charge in [0.1, 0.15) is 17.9 Å². The van der Waals surface area contributed by atoms with Gasteiger partial charge in [-0.25, -0.2) is 0 Å². The van der Waals surface area contributed by atoms with Crippen LogP contribution in [0.4, 0.5) is 0 Å². The number of Topliss-reactive ketones (excluding diaryl/α,β-unsaturated/α-hetero) is 1. The summed E-state index contributed by atoms with van der Waals surface area (Å²) in [5.41, 5.74) is 8.64. The van der Waals surface area contributed by atoms with Crippen molar-refractivity contribution in [1.29, 1.82) is 0 Å². The average Bonchev–Trinajstić information content (AvgIpc) is 3.24. The Hall–Kier alpha value is -6.64. The number of amides is 3. The van der Waals surface area contributed by atoms with Crippen LogP contribution < -0.4 is 21.3 Å². The SMILES string of the molecule is CC(=O)CC(NC(=O)C(Cc1ccc(-c2ccccc2)cc1)NC(C)=O)C(=O)NCc1cccc(CNC(c2ccccc2)(c2ccccc2)c2ccc(C)cc2)c1. The molecule has 2 atom stereocenters. The molecule has 4 N–H and O–H groups in total. The molecule has 6 aromatic carbocycles. The van der Waals surface area contributed by atoms with Crippen LogP contribution in [-0.4, -0.2) is 35.6 Å². The fraction of sp³-hybridized carbons (Fsp3) is 0.200. The lowest BCUT2D eigenvalue weighted by molar-refractivity contribution is -0.133. The Bertz CT molecular complexity index is 2260. The van der Waals surface area contributed by atoms with Crippen molar-refractivity contribution >= 4 is 23.5 Å². The normalized spacial score (nSPS) is 12.2. The van der Waals surface area contributed by atoms with Crippen molar-refractivity contribution in [2.75, 3.05) is 0 Å². The van der Waals surface area contributed by atoms with E-state index in [1.165, 1.54) is 19.4 Å². The molecule has 0 aliphatic carbocycles. The highest BCUT2D eigenvalue weighted by molar-refractivity contribution is 5.94. The van der Waals surface area contributed by atoms with E-state index in [0.717, 1.165) is 44.5 Å². The molecule has 58 heavy (non-hydrogen) atoms. The zero-order valence-electron chi connectivity index (χ0n) is 33.2. The van der Waals surface area contributed by atoms with Crippen LogP contribution in [0.1, 0.15) is 59.2 Å². The van der Waals surface area contributed by atoms with E-state index in [2.05, 4.69) is 101 Å². The summed E-state index contributed by atoms with van der Waals surface area (Å²) in [6.45, 7) is 5.50. The van der Waals surface area contributed by atoms with Gasteiger partial charge in [0, 0.05) is 32.9 Å². The number of aryl methyl sites for hydroxylation is 1. The summed E-state index contributed by atoms with van der Waals surface area (Å²) in [6, 6.07) is 53.0. The Balaban J connectivity index is 1.15. The lowest BCUT2D eigenvalue weighted by Crippen LogP contribution is -2.54. The van der Waals surface area contributed by atoms with Crippen LogP contribution in [-0.2, 0) is 44.2 Å². The molecule has 0 saturated carbocycles. The van der Waals surface area contributed by atoms with E-state index in [1.807, 2.05) is 91.0 Å². The summed E-state index contributed by atoms with van der Waals surface area (Å²) >= 11 is 0. The first-order valence-electron chi connectivity index (χ1n) is 19.6. The largest absolute Gasteiger partial charge is 0.350 e. The van der Waals surface area contributed by atoms with Crippen molar-refractivity contribution in [1.82, 2.24) is 21.3 Å². The number of nitrogens with one attached hydrogen (secondary N) is 4. The maximum absolute atomic E-state index is 13.6. The molecule has 0 spiro atoms. The van der Waals surface area contributed by atoms with Crippen molar-refractivity contribution in [2.45, 2.75) is 64.3 Å². The molecule has 2 unspecified atom stereocenters. The first kappa shape index (κ1) is 41.0. The summed E-state index contributed by atoms with van der Waals surface area (Å²) in [5.74, 6) is -1.68. The molecule has 8 nitrogen and oxygen atoms in total. The van der Waals surface area contributed by atoms with Gasteiger partial charge >= 0.3 is 0 Å². The highest BCUT2D eigenvalue weighted by Crippen LogP contribution is 2.37. The summed E-state index contributed by atoms with van der Waals surface area (Å²) in [6.07, 6.45) is 0.00955. The van der Waals surface area contributed by atoms with Gasteiger partial charge in [-0.1, -0.05) is 169 Å². The van der Waals surface area contributed by atoms with Gasteiger partial charge in [0.2, 0.25) is 17.7 Å². The number of rotatable bonds is 17. The van der Waals surface area contributed by atoms with Gasteiger partial charge in [-0.3, -0.25) is 24.5 Å². The Kier molecular flexibility index (Phi) is 13.8. The van der Waals surface area contributed by atoms with Gasteiger partial charge in [-0.05, 0) is 58.4 Å². The molecule has 3 amide bonds. The van der Waals surface area contributed by atoms with Crippen LogP contribution in [0.25, 0.3) is 11.1 Å². The van der Waals surface area contributed by atoms with Gasteiger partial charge < -0.3 is 16.0 Å². The standard InChI is InChI=1S/C50H50N4O4/c1-35-22-28-45(29-23-35)50(43-18-9-5-10-19-43,44-20-11-6-12-21-44)52-34-40-15-13-14-39(31-40)33-51-48(57)46(30-36(2)55)54-49(58)47(53-37(3)56)32-38-24-26-42(27-25-38)41-16-7-4-8-17-41/h4-29,31,46-47,52H,30,32-34H2,1-3H3,(H,51,57)(H,53,56)(H,54,58). The summed E-state index contributed by atoms with van der Waals surface area (Å²) in [7, 11) is 0. The van der Waals surface area contributed by atoms with E-state index in [4.69, 9.17) is 0 Å². The Morgan fingerprint density at radius 2 is 1.05 bits per heavy atom. The van der Waals surface area contributed by atoms with Crippen LogP contribution >= 0.6 is 0 Å². The fourth-order valence-corrected chi connectivity index (χ4v) is 7.31. The van der Waals surface area contributed by atoms with E-state index < -0.39 is 29.4 Å². The maximum Gasteiger partial charge on any atom is 0.243 e. The van der Waals surface area contributed by atoms with E-state index in [0.29, 0.717) is 6.54 Å². The predicted molar refractivity (Wildman–Crippen MR) is 229 cm³/mol. The van der Waals surface area contributed by atoms with Crippen molar-refractivity contribution in [3.8, 4) is 11.1 Å². The molecule has 294 valence electrons. The highest BCUT2D eigenvalue weighted by Gasteiger charge is 2.36. The van der Waals surface area contributed by atoms with Crippen LogP contribution in [0.2, 0.25) is 0 Å². The third-order valence-corrected chi connectivity index (χ3v) is 10.2. The molecule has 0 aliphatic heterocycles. The number of carbonyl (C=O) groups is 4. The minimum atomic E-state index is -1.13. The maximum atomic E-state index is 13.6. The van der Waals surface area contributed by atoms with Crippen molar-refractivity contribution in [2.24, 2.45) is 0 Å². The van der Waals surface area contributed by atoms with E-state index in [9.17, 15) is 19.2 Å². The summed E-state index contributed by atoms with van der Waals surface area (Å²) in [4.78, 5) is 51.8. The molecular weight excluding hydrogens is 721 g/mol. The monoisotopic (exact) mass is 770 g/mol. The van der Waals surface area contributed by atoms with Gasteiger partial charge in [0.25, 0.3) is 0 Å². The lowest BCUT2D eigenvalue weighted by atomic mass is 9.76. The second kappa shape index (κ2) is 19.5. The molecular formula is C50H50N4O4. The molecule has 0 radical (unpaired) electrons. The number of hydrogen-bond donors (Lipinski definition) is 4. The summed E-state index contributed by atoms with van der Waals surface area (Å²) < 4.78 is 0. The first-order valence-corrected chi connectivity index (χ1v) is 19.6. The second-order valence-corrected chi connectivity index (χ2v) is 14.7. The smallest absolute Gasteiger partial charge is 0.243 e. The van der Waals surface area contributed by atoms with Gasteiger partial charge in [-0.2, -0.15) is 0 Å². The molecule has 0 aliphatic rings. The van der Waals surface area contributed by atoms with Gasteiger partial charge in [0.15, 0.2) is 0 Å². The third-order valence-electron chi connectivity index (χ3n) is 10.2. The van der Waals surface area contributed by atoms with Crippen LogP contribution in [0.3, 0.4) is 0 Å². The quantitative estimate of drug-likeness (QED) is 0.0715. The molecule has 6 rings (SSSR count). The van der Waals surface area contributed by atoms with E-state index in [1.54, 1.807) is 0 Å². The molecule has 0 fully saturated rings. The van der Waals surface area contributed by atoms with Crippen molar-refractivity contribution in [3.63, 3.8) is 0 Å². The van der Waals surface area contributed by atoms with E-state index in [-0.39, 0.29) is 31.1 Å². The van der Waals surface area contributed by atoms with Crippen LogP contribution in [0.5, 0.6) is 0 Å². The minimum Gasteiger partial charge on any atom is -0.350 e. The number of carbonyl (C=O) groups excluding carboxylic acids is 4. The van der Waals surface area contributed by atoms with Crippen molar-refractivity contribution in [3.05, 3.63) is 203 Å². The third kappa shape index (κ3) is 10.6. The van der Waals surface area contributed by atoms with Gasteiger partial charge in [-0.15, -0.1) is 0 Å². The molecule has 0 aromatic heterocycles. The number of ketones is 1. The number of benzene rings is 6. The topological polar surface area (TPSA) is 116 Å². The second-order valence-electron chi connectivity index (χ2n) is 14.7. The number of hydrogen-bond acceptors (Lipinski definition) is 5. The van der Waals surface area contributed by atoms with E-state index >= 15 is 0 Å². The molecule has 6 aromatic rings. The van der Waals surface area contributed by atoms with Gasteiger partial charge in [0.05, 0.1) is 5.54 Å². The predicted octanol–water partition coefficient (Wildman–Crippen LogP) is 7.57. The average molecular weight is 771 g/mol. The molecule has 0 saturated heterocycles. The Morgan fingerprint density at radius 1 is 0.517 bits per heavy atom. The van der Waals surface area contributed by atoms with Crippen LogP contribution in [0, 0.1) is 6.92 Å². The highest BCUT2D eigenvalue weighted by atomic mass is 16.2. The molecule has 0 heterocycles. The zero-order chi connectivity index (χ0) is 40.9. The Labute approximate surface area is 341 Å². The molecule has 8 heteroatoms. The fourth-order valence-electron chi connectivity index (χ4n) is 7.31. The van der Waals surface area contributed by atoms with Crippen LogP contribution in [0.15, 0.2) is 164 Å². The zero-order valence-corrected chi connectivity index (χ0v) is 33.2. The summed E-state index contributed by atoms with van der Waals surface area (Å²) in [5, 5.41) is 12.3. The minimum absolute atomic E-state index is 0.181. The lowest BCUT2D eigenvalue weighted by Gasteiger charge is -2.37. The Morgan fingerprint density at radius 3 is 1.62 bits per heavy atom. The first-order chi connectivity index (χ1) is 28.1. The molecule has 0 bridgehead atoms. The van der Waals surface area contributed by atoms with Crippen molar-refractivity contribution < 1.29 is 19.2 Å².